The van der Waals surface area contributed by atoms with Crippen LogP contribution in [0.2, 0.25) is 0 Å². The van der Waals surface area contributed by atoms with Gasteiger partial charge >= 0.3 is 12.1 Å². The maximum Gasteiger partial charge on any atom is 0.407 e. The van der Waals surface area contributed by atoms with Crippen molar-refractivity contribution < 1.29 is 29.2 Å². The highest BCUT2D eigenvalue weighted by atomic mass is 16.5. The Morgan fingerprint density at radius 1 is 0.981 bits per heavy atom. The van der Waals surface area contributed by atoms with Crippen molar-refractivity contribution >= 4 is 23.4 Å². The molecule has 6 rings (SSSR count). The number of ether oxygens (including phenoxy) is 3. The molecule has 274 valence electrons. The van der Waals surface area contributed by atoms with E-state index < -0.39 is 12.2 Å². The second kappa shape index (κ2) is 16.1. The lowest BCUT2D eigenvalue weighted by Crippen LogP contribution is -2.54. The third-order valence-electron chi connectivity index (χ3n) is 9.29. The summed E-state index contributed by atoms with van der Waals surface area (Å²) in [6.07, 6.45) is 3.02. The average Bonchev–Trinajstić information content (AvgIpc) is 3.58. The highest BCUT2D eigenvalue weighted by Gasteiger charge is 2.29. The topological polar surface area (TPSA) is 151 Å². The number of nitrogens with zero attached hydrogens (tertiary/aromatic N) is 8. The first-order chi connectivity index (χ1) is 25.2. The van der Waals surface area contributed by atoms with Crippen molar-refractivity contribution in [3.05, 3.63) is 94.9 Å². The van der Waals surface area contributed by atoms with E-state index in [-0.39, 0.29) is 12.1 Å². The summed E-state index contributed by atoms with van der Waals surface area (Å²) in [5.74, 6) is 2.84. The van der Waals surface area contributed by atoms with E-state index in [2.05, 4.69) is 16.7 Å². The lowest BCUT2D eigenvalue weighted by atomic mass is 10.1. The SMILES string of the molecule is CCCCOc1nc(N(Cc2ccc(OC)cc2)Cc2ccc(OC)cc2)c2ncc(C(O)c3cnc(N4CCN(C(=O)O)[C@@H](C)C4)c(C)c3)n2n1. The number of piperazine rings is 1. The minimum absolute atomic E-state index is 0.174. The fourth-order valence-electron chi connectivity index (χ4n) is 6.42. The largest absolute Gasteiger partial charge is 0.497 e. The van der Waals surface area contributed by atoms with E-state index in [1.165, 1.54) is 4.90 Å². The number of amides is 1. The maximum atomic E-state index is 11.8. The van der Waals surface area contributed by atoms with Crippen LogP contribution in [0.5, 0.6) is 17.5 Å². The lowest BCUT2D eigenvalue weighted by Gasteiger charge is -2.39. The van der Waals surface area contributed by atoms with Gasteiger partial charge in [0.15, 0.2) is 11.5 Å². The Morgan fingerprint density at radius 2 is 1.63 bits per heavy atom. The van der Waals surface area contributed by atoms with Crippen molar-refractivity contribution in [3.8, 4) is 17.5 Å². The molecule has 1 fully saturated rings. The summed E-state index contributed by atoms with van der Waals surface area (Å²) in [5, 5.41) is 26.0. The molecule has 0 spiro atoms. The van der Waals surface area contributed by atoms with E-state index in [1.807, 2.05) is 68.4 Å². The number of aliphatic hydroxyl groups excluding tert-OH is 1. The molecular weight excluding hydrogens is 664 g/mol. The molecule has 0 aliphatic carbocycles. The second-order valence-corrected chi connectivity index (χ2v) is 13.0. The Morgan fingerprint density at radius 3 is 2.19 bits per heavy atom. The highest BCUT2D eigenvalue weighted by molar-refractivity contribution is 5.67. The van der Waals surface area contributed by atoms with E-state index in [9.17, 15) is 15.0 Å². The van der Waals surface area contributed by atoms with Crippen LogP contribution in [0.4, 0.5) is 16.4 Å². The van der Waals surface area contributed by atoms with Gasteiger partial charge in [-0.3, -0.25) is 0 Å². The molecule has 14 nitrogen and oxygen atoms in total. The second-order valence-electron chi connectivity index (χ2n) is 13.0. The summed E-state index contributed by atoms with van der Waals surface area (Å²) < 4.78 is 18.5. The third kappa shape index (κ3) is 7.96. The van der Waals surface area contributed by atoms with E-state index in [0.717, 1.165) is 46.8 Å². The number of unbranched alkanes of at least 4 members (excludes halogenated alkanes) is 1. The van der Waals surface area contributed by atoms with Crippen LogP contribution >= 0.6 is 0 Å². The van der Waals surface area contributed by atoms with Crippen LogP contribution < -0.4 is 24.0 Å². The lowest BCUT2D eigenvalue weighted by molar-refractivity contribution is 0.122. The van der Waals surface area contributed by atoms with Gasteiger partial charge in [-0.25, -0.2) is 19.3 Å². The standard InChI is InChI=1S/C38H46N8O6/c1-6-7-18-52-37-41-36(44(23-27-8-12-30(50-4)13-9-27)24-28-10-14-31(51-5)15-11-28)35-40-21-32(46(35)42-37)33(47)29-19-25(2)34(39-20-29)43-16-17-45(38(48)49)26(3)22-43/h8-15,19-21,26,33,47H,6-7,16-18,22-24H2,1-5H3,(H,48,49)/t26-,33?/m0/s1. The summed E-state index contributed by atoms with van der Waals surface area (Å²) in [4.78, 5) is 31.6. The van der Waals surface area contributed by atoms with Crippen LogP contribution in [0, 0.1) is 6.92 Å². The number of imidazole rings is 1. The number of methoxy groups -OCH3 is 2. The van der Waals surface area contributed by atoms with Gasteiger partial charge in [0.05, 0.1) is 32.7 Å². The molecule has 1 unspecified atom stereocenters. The van der Waals surface area contributed by atoms with Gasteiger partial charge in [0.25, 0.3) is 0 Å². The zero-order valence-electron chi connectivity index (χ0n) is 30.3. The molecule has 1 saturated heterocycles. The van der Waals surface area contributed by atoms with Crippen LogP contribution in [-0.2, 0) is 13.1 Å². The van der Waals surface area contributed by atoms with Crippen LogP contribution in [0.3, 0.4) is 0 Å². The van der Waals surface area contributed by atoms with E-state index in [0.29, 0.717) is 62.1 Å². The average molecular weight is 711 g/mol. The van der Waals surface area contributed by atoms with Crippen LogP contribution in [0.25, 0.3) is 5.65 Å². The zero-order chi connectivity index (χ0) is 36.8. The molecule has 0 radical (unpaired) electrons. The van der Waals surface area contributed by atoms with Crippen LogP contribution in [0.15, 0.2) is 67.0 Å². The number of aliphatic hydroxyl groups is 1. The molecule has 2 N–H and O–H groups in total. The number of anilines is 2. The Labute approximate surface area is 303 Å². The van der Waals surface area contributed by atoms with Gasteiger partial charge in [0.2, 0.25) is 0 Å². The predicted molar refractivity (Wildman–Crippen MR) is 197 cm³/mol. The summed E-state index contributed by atoms with van der Waals surface area (Å²) in [5.41, 5.74) is 4.40. The first-order valence-corrected chi connectivity index (χ1v) is 17.5. The van der Waals surface area contributed by atoms with Crippen molar-refractivity contribution in [1.29, 1.82) is 0 Å². The first-order valence-electron chi connectivity index (χ1n) is 17.5. The fourth-order valence-corrected chi connectivity index (χ4v) is 6.42. The number of aromatic nitrogens is 5. The number of carboxylic acid groups (broad SMARTS) is 1. The minimum atomic E-state index is -1.11. The third-order valence-corrected chi connectivity index (χ3v) is 9.29. The number of rotatable bonds is 14. The van der Waals surface area contributed by atoms with Crippen molar-refractivity contribution in [3.63, 3.8) is 0 Å². The molecule has 52 heavy (non-hydrogen) atoms. The predicted octanol–water partition coefficient (Wildman–Crippen LogP) is 5.50. The number of carbonyl (C=O) groups is 1. The molecule has 1 amide bonds. The smallest absolute Gasteiger partial charge is 0.407 e. The highest BCUT2D eigenvalue weighted by Crippen LogP contribution is 2.31. The Balaban J connectivity index is 1.36. The van der Waals surface area contributed by atoms with Crippen LogP contribution in [-0.4, -0.2) is 92.3 Å². The molecule has 5 aromatic rings. The molecular formula is C38H46N8O6. The summed E-state index contributed by atoms with van der Waals surface area (Å²) in [7, 11) is 3.29. The maximum absolute atomic E-state index is 11.8. The van der Waals surface area contributed by atoms with E-state index in [4.69, 9.17) is 34.3 Å². The number of aryl methyl sites for hydroxylation is 1. The van der Waals surface area contributed by atoms with Gasteiger partial charge in [0.1, 0.15) is 23.4 Å². The summed E-state index contributed by atoms with van der Waals surface area (Å²) in [6.45, 7) is 8.80. The first kappa shape index (κ1) is 36.2. The summed E-state index contributed by atoms with van der Waals surface area (Å²) >= 11 is 0. The molecule has 2 aromatic carbocycles. The number of hydrogen-bond acceptors (Lipinski definition) is 11. The van der Waals surface area contributed by atoms with Gasteiger partial charge in [0, 0.05) is 50.5 Å². The van der Waals surface area contributed by atoms with Crippen molar-refractivity contribution in [2.75, 3.05) is 50.3 Å². The van der Waals surface area contributed by atoms with Crippen molar-refractivity contribution in [2.24, 2.45) is 0 Å². The normalized spacial score (nSPS) is 15.1. The van der Waals surface area contributed by atoms with Crippen molar-refractivity contribution in [1.82, 2.24) is 29.5 Å². The molecule has 3 aromatic heterocycles. The van der Waals surface area contributed by atoms with Gasteiger partial charge in [-0.2, -0.15) is 4.98 Å². The fraction of sp³-hybridized carbons (Fsp3) is 0.395. The van der Waals surface area contributed by atoms with E-state index in [1.54, 1.807) is 31.1 Å². The molecule has 4 heterocycles. The Kier molecular flexibility index (Phi) is 11.2. The van der Waals surface area contributed by atoms with Gasteiger partial charge in [-0.15, -0.1) is 5.10 Å². The van der Waals surface area contributed by atoms with Gasteiger partial charge < -0.3 is 39.1 Å². The molecule has 1 aliphatic heterocycles. The van der Waals surface area contributed by atoms with Gasteiger partial charge in [-0.05, 0) is 67.3 Å². The van der Waals surface area contributed by atoms with Crippen LogP contribution in [0.1, 0.15) is 60.7 Å². The molecule has 0 bridgehead atoms. The minimum Gasteiger partial charge on any atom is -0.497 e. The molecule has 0 saturated carbocycles. The molecule has 14 heteroatoms. The Hall–Kier alpha value is -5.63. The summed E-state index contributed by atoms with van der Waals surface area (Å²) in [6, 6.07) is 17.7. The van der Waals surface area contributed by atoms with E-state index >= 15 is 0 Å². The molecule has 2 atom stereocenters. The molecule has 1 aliphatic rings. The Bertz CT molecular complexity index is 1920. The number of fused-ring (bicyclic) bond motifs is 1. The zero-order valence-corrected chi connectivity index (χ0v) is 30.3. The number of pyridine rings is 1. The van der Waals surface area contributed by atoms with Gasteiger partial charge in [-0.1, -0.05) is 37.6 Å². The number of hydrogen-bond donors (Lipinski definition) is 2. The number of benzene rings is 2. The monoisotopic (exact) mass is 710 g/mol. The van der Waals surface area contributed by atoms with Crippen molar-refractivity contribution in [2.45, 2.75) is 58.8 Å². The quantitative estimate of drug-likeness (QED) is 0.140.